The molecular weight excluding hydrogens is 326 g/mol. The van der Waals surface area contributed by atoms with Crippen LogP contribution in [-0.4, -0.2) is 19.7 Å². The van der Waals surface area contributed by atoms with Gasteiger partial charge in [0.15, 0.2) is 0 Å². The molecule has 0 aromatic heterocycles. The normalized spacial score (nSPS) is 23.2. The second-order valence-corrected chi connectivity index (χ2v) is 7.21. The third-order valence-electron chi connectivity index (χ3n) is 4.78. The summed E-state index contributed by atoms with van der Waals surface area (Å²) >= 11 is 3.59. The van der Waals surface area contributed by atoms with Gasteiger partial charge in [-0.2, -0.15) is 0 Å². The maximum atomic E-state index is 5.55. The molecule has 118 valence electrons. The minimum absolute atomic E-state index is 0.561. The van der Waals surface area contributed by atoms with Gasteiger partial charge < -0.3 is 10.1 Å². The molecule has 1 aliphatic rings. The second-order valence-electron chi connectivity index (χ2n) is 6.29. The van der Waals surface area contributed by atoms with Crippen LogP contribution in [-0.2, 0) is 6.42 Å². The van der Waals surface area contributed by atoms with Gasteiger partial charge in [-0.15, -0.1) is 0 Å². The van der Waals surface area contributed by atoms with E-state index in [9.17, 15) is 0 Å². The molecule has 1 N–H and O–H groups in total. The Morgan fingerprint density at radius 1 is 1.38 bits per heavy atom. The Morgan fingerprint density at radius 2 is 2.19 bits per heavy atom. The van der Waals surface area contributed by atoms with Crippen LogP contribution < -0.4 is 10.1 Å². The van der Waals surface area contributed by atoms with E-state index in [4.69, 9.17) is 4.74 Å². The maximum absolute atomic E-state index is 5.55. The molecule has 0 aliphatic heterocycles. The highest BCUT2D eigenvalue weighted by Crippen LogP contribution is 2.36. The zero-order chi connectivity index (χ0) is 15.2. The van der Waals surface area contributed by atoms with Gasteiger partial charge in [0.05, 0.1) is 7.11 Å². The molecule has 0 spiro atoms. The van der Waals surface area contributed by atoms with Crippen LogP contribution in [0.4, 0.5) is 0 Å². The van der Waals surface area contributed by atoms with E-state index in [1.807, 2.05) is 0 Å². The Kier molecular flexibility index (Phi) is 6.56. The molecular formula is C18H28BrNO. The van der Waals surface area contributed by atoms with E-state index in [1.165, 1.54) is 31.2 Å². The summed E-state index contributed by atoms with van der Waals surface area (Å²) in [4.78, 5) is 0. The van der Waals surface area contributed by atoms with Crippen LogP contribution in [0.3, 0.4) is 0 Å². The molecule has 21 heavy (non-hydrogen) atoms. The number of rotatable bonds is 7. The van der Waals surface area contributed by atoms with Gasteiger partial charge in [-0.05, 0) is 61.4 Å². The van der Waals surface area contributed by atoms with Gasteiger partial charge in [-0.3, -0.25) is 0 Å². The van der Waals surface area contributed by atoms with E-state index in [1.54, 1.807) is 7.11 Å². The number of hydrogen-bond donors (Lipinski definition) is 1. The van der Waals surface area contributed by atoms with Crippen LogP contribution in [0, 0.1) is 11.8 Å². The van der Waals surface area contributed by atoms with Gasteiger partial charge in [-0.1, -0.05) is 42.6 Å². The number of methoxy groups -OCH3 is 1. The van der Waals surface area contributed by atoms with Crippen molar-refractivity contribution in [2.24, 2.45) is 11.8 Å². The first kappa shape index (κ1) is 16.8. The van der Waals surface area contributed by atoms with E-state index in [0.717, 1.165) is 35.0 Å². The molecule has 1 fully saturated rings. The topological polar surface area (TPSA) is 21.3 Å². The SMILES string of the molecule is CCCNC(Cc1cc(Br)ccc1OC)C1CCCC1C. The quantitative estimate of drug-likeness (QED) is 0.759. The lowest BCUT2D eigenvalue weighted by atomic mass is 9.86. The fourth-order valence-corrected chi connectivity index (χ4v) is 4.03. The summed E-state index contributed by atoms with van der Waals surface area (Å²) in [7, 11) is 1.76. The van der Waals surface area contributed by atoms with Gasteiger partial charge in [0, 0.05) is 10.5 Å². The summed E-state index contributed by atoms with van der Waals surface area (Å²) in [6.07, 6.45) is 6.36. The summed E-state index contributed by atoms with van der Waals surface area (Å²) in [5, 5.41) is 3.79. The molecule has 1 aromatic rings. The van der Waals surface area contributed by atoms with Crippen molar-refractivity contribution < 1.29 is 4.74 Å². The van der Waals surface area contributed by atoms with Gasteiger partial charge in [0.2, 0.25) is 0 Å². The number of nitrogens with one attached hydrogen (secondary N) is 1. The molecule has 1 aliphatic carbocycles. The number of ether oxygens (including phenoxy) is 1. The highest BCUT2D eigenvalue weighted by atomic mass is 79.9. The fourth-order valence-electron chi connectivity index (χ4n) is 3.62. The molecule has 0 amide bonds. The van der Waals surface area contributed by atoms with Crippen LogP contribution in [0.1, 0.15) is 45.1 Å². The molecule has 3 unspecified atom stereocenters. The van der Waals surface area contributed by atoms with E-state index in [2.05, 4.69) is 53.3 Å². The van der Waals surface area contributed by atoms with Crippen molar-refractivity contribution in [1.29, 1.82) is 0 Å². The predicted molar refractivity (Wildman–Crippen MR) is 93.0 cm³/mol. The molecule has 1 aromatic carbocycles. The molecule has 1 saturated carbocycles. The first-order valence-electron chi connectivity index (χ1n) is 8.21. The molecule has 2 nitrogen and oxygen atoms in total. The third kappa shape index (κ3) is 4.46. The van der Waals surface area contributed by atoms with Crippen molar-refractivity contribution in [2.45, 2.75) is 52.0 Å². The van der Waals surface area contributed by atoms with Crippen molar-refractivity contribution in [1.82, 2.24) is 5.32 Å². The van der Waals surface area contributed by atoms with E-state index in [0.29, 0.717) is 6.04 Å². The van der Waals surface area contributed by atoms with Gasteiger partial charge in [-0.25, -0.2) is 0 Å². The van der Waals surface area contributed by atoms with Crippen LogP contribution in [0.5, 0.6) is 5.75 Å². The third-order valence-corrected chi connectivity index (χ3v) is 5.28. The average molecular weight is 354 g/mol. The van der Waals surface area contributed by atoms with Crippen LogP contribution in [0.2, 0.25) is 0 Å². The Bertz CT molecular complexity index is 449. The summed E-state index contributed by atoms with van der Waals surface area (Å²) < 4.78 is 6.68. The fraction of sp³-hybridized carbons (Fsp3) is 0.667. The van der Waals surface area contributed by atoms with E-state index >= 15 is 0 Å². The average Bonchev–Trinajstić information content (AvgIpc) is 2.90. The lowest BCUT2D eigenvalue weighted by molar-refractivity contribution is 0.292. The van der Waals surface area contributed by atoms with Crippen LogP contribution in [0.25, 0.3) is 0 Å². The molecule has 0 radical (unpaired) electrons. The standard InChI is InChI=1S/C18H28BrNO/c1-4-10-20-17(16-7-5-6-13(16)2)12-14-11-15(19)8-9-18(14)21-3/h8-9,11,13,16-17,20H,4-7,10,12H2,1-3H3. The summed E-state index contributed by atoms with van der Waals surface area (Å²) in [5.41, 5.74) is 1.31. The first-order chi connectivity index (χ1) is 10.2. The summed E-state index contributed by atoms with van der Waals surface area (Å²) in [5.74, 6) is 2.63. The van der Waals surface area contributed by atoms with Crippen LogP contribution in [0.15, 0.2) is 22.7 Å². The van der Waals surface area contributed by atoms with Crippen molar-refractivity contribution in [2.75, 3.05) is 13.7 Å². The largest absolute Gasteiger partial charge is 0.496 e. The number of hydrogen-bond acceptors (Lipinski definition) is 2. The van der Waals surface area contributed by atoms with Crippen molar-refractivity contribution >= 4 is 15.9 Å². The Balaban J connectivity index is 2.15. The molecule has 3 heteroatoms. The van der Waals surface area contributed by atoms with Crippen molar-refractivity contribution in [3.8, 4) is 5.75 Å². The lowest BCUT2D eigenvalue weighted by Gasteiger charge is -2.29. The van der Waals surface area contributed by atoms with Gasteiger partial charge in [0.25, 0.3) is 0 Å². The van der Waals surface area contributed by atoms with Gasteiger partial charge >= 0.3 is 0 Å². The minimum atomic E-state index is 0.561. The first-order valence-corrected chi connectivity index (χ1v) is 9.00. The Morgan fingerprint density at radius 3 is 2.81 bits per heavy atom. The number of halogens is 1. The molecule has 3 atom stereocenters. The van der Waals surface area contributed by atoms with E-state index in [-0.39, 0.29) is 0 Å². The van der Waals surface area contributed by atoms with Crippen molar-refractivity contribution in [3.63, 3.8) is 0 Å². The molecule has 2 rings (SSSR count). The smallest absolute Gasteiger partial charge is 0.122 e. The molecule has 0 bridgehead atoms. The summed E-state index contributed by atoms with van der Waals surface area (Å²) in [6, 6.07) is 6.88. The summed E-state index contributed by atoms with van der Waals surface area (Å²) in [6.45, 7) is 5.75. The van der Waals surface area contributed by atoms with Crippen LogP contribution >= 0.6 is 15.9 Å². The van der Waals surface area contributed by atoms with Crippen molar-refractivity contribution in [3.05, 3.63) is 28.2 Å². The molecule has 0 saturated heterocycles. The van der Waals surface area contributed by atoms with Gasteiger partial charge in [0.1, 0.15) is 5.75 Å². The number of benzene rings is 1. The maximum Gasteiger partial charge on any atom is 0.122 e. The predicted octanol–water partition coefficient (Wildman–Crippen LogP) is 4.80. The highest BCUT2D eigenvalue weighted by Gasteiger charge is 2.31. The second kappa shape index (κ2) is 8.19. The Hall–Kier alpha value is -0.540. The highest BCUT2D eigenvalue weighted by molar-refractivity contribution is 9.10. The zero-order valence-electron chi connectivity index (χ0n) is 13.5. The zero-order valence-corrected chi connectivity index (χ0v) is 15.1. The lowest BCUT2D eigenvalue weighted by Crippen LogP contribution is -2.39. The molecule has 0 heterocycles. The van der Waals surface area contributed by atoms with E-state index < -0.39 is 0 Å². The minimum Gasteiger partial charge on any atom is -0.496 e. The monoisotopic (exact) mass is 353 g/mol. The Labute approximate surface area is 137 Å².